The fraction of sp³-hybridized carbons (Fsp3) is 0.300. The minimum atomic E-state index is 0.547. The molecule has 4 nitrogen and oxygen atoms in total. The highest BCUT2D eigenvalue weighted by atomic mass is 16.6. The summed E-state index contributed by atoms with van der Waals surface area (Å²) in [4.78, 5) is 4.73. The summed E-state index contributed by atoms with van der Waals surface area (Å²) in [6, 6.07) is 7.34. The highest BCUT2D eigenvalue weighted by Gasteiger charge is 2.03. The second-order valence-electron chi connectivity index (χ2n) is 2.66. The lowest BCUT2D eigenvalue weighted by molar-refractivity contribution is 0.0861. The summed E-state index contributed by atoms with van der Waals surface area (Å²) in [6.07, 6.45) is 0. The van der Waals surface area contributed by atoms with E-state index in [9.17, 15) is 0 Å². The Labute approximate surface area is 83.0 Å². The van der Waals surface area contributed by atoms with Gasteiger partial charge >= 0.3 is 0 Å². The first kappa shape index (κ1) is 10.5. The monoisotopic (exact) mass is 192 g/mol. The number of methoxy groups -OCH3 is 1. The maximum Gasteiger partial charge on any atom is 0.124 e. The van der Waals surface area contributed by atoms with E-state index < -0.39 is 0 Å². The molecule has 0 unspecified atom stereocenters. The highest BCUT2D eigenvalue weighted by molar-refractivity contribution is 5.42. The molecule has 4 heteroatoms. The Kier molecular flexibility index (Phi) is 3.92. The molecule has 0 bridgehead atoms. The molecule has 0 fully saturated rings. The van der Waals surface area contributed by atoms with Gasteiger partial charge in [-0.15, -0.1) is 0 Å². The lowest BCUT2D eigenvalue weighted by Gasteiger charge is -2.08. The van der Waals surface area contributed by atoms with Crippen molar-refractivity contribution in [2.24, 2.45) is 0 Å². The highest BCUT2D eigenvalue weighted by Crippen LogP contribution is 2.19. The predicted molar refractivity (Wildman–Crippen MR) is 51.6 cm³/mol. The molecule has 14 heavy (non-hydrogen) atoms. The second-order valence-corrected chi connectivity index (χ2v) is 2.66. The van der Waals surface area contributed by atoms with Gasteiger partial charge in [-0.1, -0.05) is 6.07 Å². The maximum absolute atomic E-state index is 8.68. The number of nitrogens with one attached hydrogen (secondary N) is 1. The summed E-state index contributed by atoms with van der Waals surface area (Å²) in [5, 5.41) is 8.68. The molecule has 0 atom stereocenters. The van der Waals surface area contributed by atoms with Crippen molar-refractivity contribution in [1.82, 2.24) is 5.48 Å². The van der Waals surface area contributed by atoms with Crippen LogP contribution in [0.2, 0.25) is 0 Å². The summed E-state index contributed by atoms with van der Waals surface area (Å²) in [6.45, 7) is 0.547. The molecule has 0 amide bonds. The molecule has 0 saturated carbocycles. The zero-order chi connectivity index (χ0) is 10.4. The van der Waals surface area contributed by atoms with Gasteiger partial charge in [-0.05, 0) is 12.1 Å². The van der Waals surface area contributed by atoms with Crippen LogP contribution < -0.4 is 10.2 Å². The fourth-order valence-corrected chi connectivity index (χ4v) is 1.11. The van der Waals surface area contributed by atoms with Crippen LogP contribution in [0, 0.1) is 11.3 Å². The van der Waals surface area contributed by atoms with Crippen LogP contribution in [0.5, 0.6) is 5.75 Å². The third kappa shape index (κ3) is 2.46. The minimum absolute atomic E-state index is 0.547. The third-order valence-corrected chi connectivity index (χ3v) is 1.82. The van der Waals surface area contributed by atoms with Crippen molar-refractivity contribution in [3.8, 4) is 11.8 Å². The first-order valence-electron chi connectivity index (χ1n) is 4.14. The molecule has 1 aromatic rings. The molecule has 74 valence electrons. The maximum atomic E-state index is 8.68. The molecule has 0 saturated heterocycles. The van der Waals surface area contributed by atoms with Crippen LogP contribution in [0.3, 0.4) is 0 Å². The van der Waals surface area contributed by atoms with E-state index in [4.69, 9.17) is 14.8 Å². The van der Waals surface area contributed by atoms with Gasteiger partial charge in [0.2, 0.25) is 0 Å². The van der Waals surface area contributed by atoms with Gasteiger partial charge in [-0.2, -0.15) is 10.7 Å². The van der Waals surface area contributed by atoms with Crippen LogP contribution in [0.1, 0.15) is 11.1 Å². The van der Waals surface area contributed by atoms with E-state index in [0.29, 0.717) is 17.9 Å². The van der Waals surface area contributed by atoms with E-state index in [1.807, 2.05) is 6.07 Å². The summed E-state index contributed by atoms with van der Waals surface area (Å²) in [5.41, 5.74) is 4.25. The molecule has 0 aliphatic heterocycles. The molecule has 0 spiro atoms. The van der Waals surface area contributed by atoms with Gasteiger partial charge in [-0.25, -0.2) is 0 Å². The van der Waals surface area contributed by atoms with Crippen molar-refractivity contribution in [3.05, 3.63) is 29.3 Å². The van der Waals surface area contributed by atoms with Gasteiger partial charge in [0.1, 0.15) is 5.75 Å². The van der Waals surface area contributed by atoms with Crippen molar-refractivity contribution in [1.29, 1.82) is 5.26 Å². The number of hydrogen-bond acceptors (Lipinski definition) is 4. The summed E-state index contributed by atoms with van der Waals surface area (Å²) in [5.74, 6) is 0.689. The first-order chi connectivity index (χ1) is 6.81. The largest absolute Gasteiger partial charge is 0.496 e. The van der Waals surface area contributed by atoms with E-state index in [0.717, 1.165) is 5.56 Å². The molecular formula is C10H12N2O2. The van der Waals surface area contributed by atoms with Gasteiger partial charge < -0.3 is 9.57 Å². The molecule has 1 N–H and O–H groups in total. The standard InChI is InChI=1S/C10H12N2O2/c1-13-10-5-8(6-11)3-4-9(10)7-12-14-2/h3-5,12H,7H2,1-2H3. The molecule has 1 aromatic carbocycles. The number of nitriles is 1. The molecule has 1 rings (SSSR count). The zero-order valence-corrected chi connectivity index (χ0v) is 8.20. The fourth-order valence-electron chi connectivity index (χ4n) is 1.11. The number of ether oxygens (including phenoxy) is 1. The Bertz CT molecular complexity index is 344. The number of benzene rings is 1. The van der Waals surface area contributed by atoms with Gasteiger partial charge in [0.25, 0.3) is 0 Å². The topological polar surface area (TPSA) is 54.3 Å². The van der Waals surface area contributed by atoms with Gasteiger partial charge in [0.15, 0.2) is 0 Å². The smallest absolute Gasteiger partial charge is 0.124 e. The third-order valence-electron chi connectivity index (χ3n) is 1.82. The van der Waals surface area contributed by atoms with E-state index in [1.165, 1.54) is 0 Å². The van der Waals surface area contributed by atoms with Gasteiger partial charge in [0.05, 0.1) is 25.9 Å². The normalized spacial score (nSPS) is 9.50. The zero-order valence-electron chi connectivity index (χ0n) is 8.20. The lowest BCUT2D eigenvalue weighted by atomic mass is 10.1. The summed E-state index contributed by atoms with van der Waals surface area (Å²) in [7, 11) is 3.13. The quantitative estimate of drug-likeness (QED) is 0.729. The number of hydroxylamine groups is 1. The van der Waals surface area contributed by atoms with Crippen molar-refractivity contribution >= 4 is 0 Å². The molecule has 0 aliphatic carbocycles. The summed E-state index contributed by atoms with van der Waals surface area (Å²) < 4.78 is 5.14. The van der Waals surface area contributed by atoms with Crippen LogP contribution in [0.15, 0.2) is 18.2 Å². The first-order valence-corrected chi connectivity index (χ1v) is 4.14. The van der Waals surface area contributed by atoms with Crippen LogP contribution in [-0.2, 0) is 11.4 Å². The van der Waals surface area contributed by atoms with Gasteiger partial charge in [0, 0.05) is 12.1 Å². The van der Waals surface area contributed by atoms with Crippen molar-refractivity contribution < 1.29 is 9.57 Å². The average molecular weight is 192 g/mol. The molecule has 0 aliphatic rings. The molecule has 0 aromatic heterocycles. The summed E-state index contributed by atoms with van der Waals surface area (Å²) >= 11 is 0. The molecule has 0 heterocycles. The van der Waals surface area contributed by atoms with E-state index in [-0.39, 0.29) is 0 Å². The molecule has 0 radical (unpaired) electrons. The number of rotatable bonds is 4. The second kappa shape index (κ2) is 5.22. The van der Waals surface area contributed by atoms with Crippen molar-refractivity contribution in [3.63, 3.8) is 0 Å². The Hall–Kier alpha value is -1.57. The molecular weight excluding hydrogens is 180 g/mol. The van der Waals surface area contributed by atoms with Crippen LogP contribution >= 0.6 is 0 Å². The van der Waals surface area contributed by atoms with Crippen LogP contribution in [-0.4, -0.2) is 14.2 Å². The Morgan fingerprint density at radius 1 is 1.43 bits per heavy atom. The predicted octanol–water partition coefficient (Wildman–Crippen LogP) is 1.22. The lowest BCUT2D eigenvalue weighted by Crippen LogP contribution is -2.11. The minimum Gasteiger partial charge on any atom is -0.496 e. The Balaban J connectivity index is 2.89. The van der Waals surface area contributed by atoms with Gasteiger partial charge in [-0.3, -0.25) is 0 Å². The van der Waals surface area contributed by atoms with Crippen molar-refractivity contribution in [2.45, 2.75) is 6.54 Å². The van der Waals surface area contributed by atoms with Crippen molar-refractivity contribution in [2.75, 3.05) is 14.2 Å². The SMILES string of the molecule is CONCc1ccc(C#N)cc1OC. The van der Waals surface area contributed by atoms with E-state index in [1.54, 1.807) is 26.4 Å². The number of nitrogens with zero attached hydrogens (tertiary/aromatic N) is 1. The van der Waals surface area contributed by atoms with E-state index >= 15 is 0 Å². The van der Waals surface area contributed by atoms with Crippen LogP contribution in [0.25, 0.3) is 0 Å². The van der Waals surface area contributed by atoms with E-state index in [2.05, 4.69) is 11.5 Å². The Morgan fingerprint density at radius 3 is 2.79 bits per heavy atom. The van der Waals surface area contributed by atoms with Crippen LogP contribution in [0.4, 0.5) is 0 Å². The average Bonchev–Trinajstić information content (AvgIpc) is 2.26. The number of hydrogen-bond donors (Lipinski definition) is 1. The Morgan fingerprint density at radius 2 is 2.21 bits per heavy atom.